The van der Waals surface area contributed by atoms with Crippen molar-refractivity contribution in [1.82, 2.24) is 0 Å². The van der Waals surface area contributed by atoms with Crippen LogP contribution in [0.3, 0.4) is 0 Å². The van der Waals surface area contributed by atoms with Crippen LogP contribution in [0.5, 0.6) is 11.5 Å². The smallest absolute Gasteiger partial charge is 0.231 e. The molecule has 0 aromatic heterocycles. The van der Waals surface area contributed by atoms with Gasteiger partial charge in [0.1, 0.15) is 11.6 Å². The van der Waals surface area contributed by atoms with Gasteiger partial charge in [-0.25, -0.2) is 0 Å². The Labute approximate surface area is 128 Å². The highest BCUT2D eigenvalue weighted by atomic mass is 16.7. The van der Waals surface area contributed by atoms with Crippen molar-refractivity contribution in [3.05, 3.63) is 64.7 Å². The molecule has 1 aliphatic heterocycles. The van der Waals surface area contributed by atoms with Crippen LogP contribution in [0.1, 0.15) is 21.5 Å². The lowest BCUT2D eigenvalue weighted by Crippen LogP contribution is -2.01. The predicted molar refractivity (Wildman–Crippen MR) is 81.7 cm³/mol. The minimum atomic E-state index is -0.292. The number of Topliss-reactive ketones (excluding diaryl/α,β-unsaturated/α-hetero) is 1. The molecule has 0 radical (unpaired) electrons. The molecule has 1 heterocycles. The number of carbonyl (C=O) groups is 1. The lowest BCUT2D eigenvalue weighted by Gasteiger charge is -2.02. The van der Waals surface area contributed by atoms with Crippen molar-refractivity contribution in [1.29, 1.82) is 5.26 Å². The first kappa shape index (κ1) is 13.9. The zero-order valence-electron chi connectivity index (χ0n) is 12.0. The van der Waals surface area contributed by atoms with Gasteiger partial charge < -0.3 is 9.47 Å². The molecule has 3 rings (SSSR count). The number of rotatable bonds is 3. The van der Waals surface area contributed by atoms with Crippen molar-refractivity contribution >= 4 is 11.9 Å². The van der Waals surface area contributed by atoms with E-state index in [1.165, 1.54) is 0 Å². The molecule has 2 aromatic carbocycles. The van der Waals surface area contributed by atoms with Gasteiger partial charge in [0.05, 0.1) is 0 Å². The Balaban J connectivity index is 1.92. The number of aryl methyl sites for hydroxylation is 1. The van der Waals surface area contributed by atoms with E-state index in [4.69, 9.17) is 9.47 Å². The molecule has 22 heavy (non-hydrogen) atoms. The van der Waals surface area contributed by atoms with Crippen molar-refractivity contribution in [2.45, 2.75) is 6.92 Å². The predicted octanol–water partition coefficient (Wildman–Crippen LogP) is 3.51. The van der Waals surface area contributed by atoms with E-state index in [9.17, 15) is 10.1 Å². The van der Waals surface area contributed by atoms with Crippen molar-refractivity contribution in [2.24, 2.45) is 0 Å². The minimum Gasteiger partial charge on any atom is -0.454 e. The first-order chi connectivity index (χ1) is 10.7. The SMILES string of the molecule is Cc1ccc(C(=O)/C(C#N)=C\c2ccc3c(c2)OCO3)cc1. The molecular weight excluding hydrogens is 278 g/mol. The summed E-state index contributed by atoms with van der Waals surface area (Å²) in [5.74, 6) is 0.995. The van der Waals surface area contributed by atoms with Crippen LogP contribution in [0.25, 0.3) is 6.08 Å². The Morgan fingerprint density at radius 3 is 2.59 bits per heavy atom. The first-order valence-corrected chi connectivity index (χ1v) is 6.80. The van der Waals surface area contributed by atoms with Crippen LogP contribution < -0.4 is 9.47 Å². The molecule has 1 aliphatic rings. The maximum Gasteiger partial charge on any atom is 0.231 e. The van der Waals surface area contributed by atoms with E-state index in [1.807, 2.05) is 25.1 Å². The van der Waals surface area contributed by atoms with E-state index in [0.717, 1.165) is 11.1 Å². The average Bonchev–Trinajstić information content (AvgIpc) is 3.00. The number of allylic oxidation sites excluding steroid dienone is 1. The molecule has 0 N–H and O–H groups in total. The van der Waals surface area contributed by atoms with Crippen LogP contribution in [0.4, 0.5) is 0 Å². The third-order valence-electron chi connectivity index (χ3n) is 3.39. The third-order valence-corrected chi connectivity index (χ3v) is 3.39. The van der Waals surface area contributed by atoms with Gasteiger partial charge in [0, 0.05) is 5.56 Å². The summed E-state index contributed by atoms with van der Waals surface area (Å²) in [4.78, 5) is 12.4. The van der Waals surface area contributed by atoms with Crippen molar-refractivity contribution in [2.75, 3.05) is 6.79 Å². The van der Waals surface area contributed by atoms with Crippen LogP contribution in [0, 0.1) is 18.3 Å². The molecule has 0 saturated carbocycles. The summed E-state index contributed by atoms with van der Waals surface area (Å²) in [5, 5.41) is 9.27. The molecule has 0 spiro atoms. The second-order valence-corrected chi connectivity index (χ2v) is 4.98. The number of ether oxygens (including phenoxy) is 2. The quantitative estimate of drug-likeness (QED) is 0.493. The van der Waals surface area contributed by atoms with Gasteiger partial charge in [-0.1, -0.05) is 35.9 Å². The van der Waals surface area contributed by atoms with E-state index in [2.05, 4.69) is 0 Å². The van der Waals surface area contributed by atoms with Crippen LogP contribution >= 0.6 is 0 Å². The topological polar surface area (TPSA) is 59.3 Å². The van der Waals surface area contributed by atoms with Crippen LogP contribution in [-0.2, 0) is 0 Å². The summed E-state index contributed by atoms with van der Waals surface area (Å²) in [5.41, 5.74) is 2.37. The molecule has 0 saturated heterocycles. The highest BCUT2D eigenvalue weighted by Crippen LogP contribution is 2.33. The highest BCUT2D eigenvalue weighted by Gasteiger charge is 2.15. The fraction of sp³-hybridized carbons (Fsp3) is 0.111. The summed E-state index contributed by atoms with van der Waals surface area (Å²) < 4.78 is 10.5. The highest BCUT2D eigenvalue weighted by molar-refractivity contribution is 6.14. The van der Waals surface area contributed by atoms with Gasteiger partial charge in [-0.3, -0.25) is 4.79 Å². The number of benzene rings is 2. The second kappa shape index (κ2) is 5.74. The molecule has 0 fully saturated rings. The van der Waals surface area contributed by atoms with Gasteiger partial charge in [-0.05, 0) is 30.7 Å². The first-order valence-electron chi connectivity index (χ1n) is 6.80. The molecule has 4 nitrogen and oxygen atoms in total. The molecule has 4 heteroatoms. The molecule has 0 aliphatic carbocycles. The Hall–Kier alpha value is -3.06. The number of fused-ring (bicyclic) bond motifs is 1. The summed E-state index contributed by atoms with van der Waals surface area (Å²) >= 11 is 0. The van der Waals surface area contributed by atoms with Crippen LogP contribution in [-0.4, -0.2) is 12.6 Å². The number of carbonyl (C=O) groups excluding carboxylic acids is 1. The van der Waals surface area contributed by atoms with Gasteiger partial charge in [-0.2, -0.15) is 5.26 Å². The summed E-state index contributed by atoms with van der Waals surface area (Å²) in [7, 11) is 0. The van der Waals surface area contributed by atoms with Gasteiger partial charge in [-0.15, -0.1) is 0 Å². The largest absolute Gasteiger partial charge is 0.454 e. The van der Waals surface area contributed by atoms with E-state index in [1.54, 1.807) is 36.4 Å². The van der Waals surface area contributed by atoms with Gasteiger partial charge in [0.25, 0.3) is 0 Å². The molecule has 0 unspecified atom stereocenters. The fourth-order valence-corrected chi connectivity index (χ4v) is 2.18. The zero-order valence-corrected chi connectivity index (χ0v) is 12.0. The monoisotopic (exact) mass is 291 g/mol. The molecular formula is C18H13NO3. The Morgan fingerprint density at radius 1 is 1.14 bits per heavy atom. The number of ketones is 1. The zero-order chi connectivity index (χ0) is 15.5. The van der Waals surface area contributed by atoms with E-state index in [0.29, 0.717) is 17.1 Å². The van der Waals surface area contributed by atoms with E-state index in [-0.39, 0.29) is 18.1 Å². The average molecular weight is 291 g/mol. The third kappa shape index (κ3) is 2.70. The standard InChI is InChI=1S/C18H13NO3/c1-12-2-5-14(6-3-12)18(20)15(10-19)8-13-4-7-16-17(9-13)22-11-21-16/h2-9H,11H2,1H3/b15-8-. The van der Waals surface area contributed by atoms with Crippen molar-refractivity contribution in [3.63, 3.8) is 0 Å². The maximum absolute atomic E-state index is 12.4. The second-order valence-electron chi connectivity index (χ2n) is 4.98. The number of hydrogen-bond donors (Lipinski definition) is 0. The summed E-state index contributed by atoms with van der Waals surface area (Å²) in [6, 6.07) is 14.4. The summed E-state index contributed by atoms with van der Waals surface area (Å²) in [6.07, 6.45) is 1.56. The Morgan fingerprint density at radius 2 is 1.86 bits per heavy atom. The normalized spacial score (nSPS) is 12.8. The molecule has 0 amide bonds. The number of nitriles is 1. The summed E-state index contributed by atoms with van der Waals surface area (Å²) in [6.45, 7) is 2.14. The lowest BCUT2D eigenvalue weighted by molar-refractivity contribution is 0.104. The van der Waals surface area contributed by atoms with Crippen molar-refractivity contribution in [3.8, 4) is 17.6 Å². The van der Waals surface area contributed by atoms with Crippen LogP contribution in [0.15, 0.2) is 48.0 Å². The molecule has 2 aromatic rings. The molecule has 108 valence electrons. The van der Waals surface area contributed by atoms with Gasteiger partial charge >= 0.3 is 0 Å². The van der Waals surface area contributed by atoms with Crippen molar-refractivity contribution < 1.29 is 14.3 Å². The Bertz CT molecular complexity index is 798. The maximum atomic E-state index is 12.4. The van der Waals surface area contributed by atoms with Gasteiger partial charge in [0.15, 0.2) is 11.5 Å². The van der Waals surface area contributed by atoms with Crippen LogP contribution in [0.2, 0.25) is 0 Å². The number of hydrogen-bond acceptors (Lipinski definition) is 4. The van der Waals surface area contributed by atoms with Gasteiger partial charge in [0.2, 0.25) is 12.6 Å². The van der Waals surface area contributed by atoms with E-state index < -0.39 is 0 Å². The minimum absolute atomic E-state index is 0.0859. The Kier molecular flexibility index (Phi) is 3.63. The molecule has 0 atom stereocenters. The lowest BCUT2D eigenvalue weighted by atomic mass is 10.0. The van der Waals surface area contributed by atoms with E-state index >= 15 is 0 Å². The number of nitrogens with zero attached hydrogens (tertiary/aromatic N) is 1. The molecule has 0 bridgehead atoms. The fourth-order valence-electron chi connectivity index (χ4n) is 2.18.